The lowest BCUT2D eigenvalue weighted by Crippen LogP contribution is -1.87. The van der Waals surface area contributed by atoms with E-state index >= 15 is 0 Å². The van der Waals surface area contributed by atoms with Crippen LogP contribution in [0.3, 0.4) is 0 Å². The molecular formula is C36H18O6. The zero-order chi connectivity index (χ0) is 27.4. The minimum atomic E-state index is 0.647. The molecule has 0 bridgehead atoms. The lowest BCUT2D eigenvalue weighted by Gasteiger charge is -2.13. The van der Waals surface area contributed by atoms with Crippen LogP contribution in [0.15, 0.2) is 136 Å². The monoisotopic (exact) mass is 546 g/mol. The summed E-state index contributed by atoms with van der Waals surface area (Å²) in [6, 6.07) is 35.3. The quantitative estimate of drug-likeness (QED) is 0.139. The second-order valence-corrected chi connectivity index (χ2v) is 10.5. The van der Waals surface area contributed by atoms with Gasteiger partial charge in [0.25, 0.3) is 0 Å². The molecule has 3 aromatic heterocycles. The van der Waals surface area contributed by atoms with Gasteiger partial charge < -0.3 is 26.5 Å². The van der Waals surface area contributed by atoms with Crippen molar-refractivity contribution in [1.82, 2.24) is 0 Å². The van der Waals surface area contributed by atoms with Gasteiger partial charge in [0.15, 0.2) is 67.0 Å². The van der Waals surface area contributed by atoms with Gasteiger partial charge in [0.05, 0.1) is 0 Å². The lowest BCUT2D eigenvalue weighted by atomic mass is 9.93. The average molecular weight is 547 g/mol. The Bertz CT molecular complexity index is 2280. The molecule has 0 aliphatic carbocycles. The average Bonchev–Trinajstić information content (AvgIpc) is 3.03. The van der Waals surface area contributed by atoms with E-state index in [0.29, 0.717) is 67.0 Å². The number of fused-ring (bicyclic) bond motifs is 12. The number of rotatable bonds is 0. The van der Waals surface area contributed by atoms with Gasteiger partial charge in [-0.3, -0.25) is 0 Å². The molecule has 42 heavy (non-hydrogen) atoms. The summed E-state index contributed by atoms with van der Waals surface area (Å²) in [5.74, 6) is 0. The summed E-state index contributed by atoms with van der Waals surface area (Å²) in [4.78, 5) is 0. The van der Waals surface area contributed by atoms with E-state index in [9.17, 15) is 0 Å². The summed E-state index contributed by atoms with van der Waals surface area (Å²) >= 11 is 0. The highest BCUT2D eigenvalue weighted by Gasteiger charge is 2.17. The first-order valence-electron chi connectivity index (χ1n) is 13.6. The number of hydrogen-bond donors (Lipinski definition) is 0. The standard InChI is InChI=1S/C36H18O6/c1-2-8-26-25(7-1)37-31-13-19-20(14-32(31)38-26)22-16-34-36(42-30-12-6-5-11-29(30)40-34)18-24(22)23-17-35-33(15-21(19)23)39-27-9-3-4-10-28(27)41-35/h1-18H. The van der Waals surface area contributed by atoms with Gasteiger partial charge in [-0.25, -0.2) is 0 Å². The van der Waals surface area contributed by atoms with Crippen LogP contribution in [-0.4, -0.2) is 0 Å². The van der Waals surface area contributed by atoms with Gasteiger partial charge in [0.2, 0.25) is 0 Å². The molecule has 3 heterocycles. The first-order chi connectivity index (χ1) is 20.7. The molecule has 10 rings (SSSR count). The third kappa shape index (κ3) is 3.03. The van der Waals surface area contributed by atoms with Crippen molar-refractivity contribution in [2.75, 3.05) is 0 Å². The maximum atomic E-state index is 6.31. The van der Waals surface area contributed by atoms with Gasteiger partial charge in [-0.05, 0) is 105 Å². The molecular weight excluding hydrogens is 528 g/mol. The zero-order valence-corrected chi connectivity index (χ0v) is 21.8. The first-order valence-corrected chi connectivity index (χ1v) is 13.6. The van der Waals surface area contributed by atoms with Crippen molar-refractivity contribution in [2.45, 2.75) is 0 Å². The highest BCUT2D eigenvalue weighted by atomic mass is 16.4. The van der Waals surface area contributed by atoms with Crippen LogP contribution < -0.4 is 0 Å². The molecule has 0 aliphatic rings. The van der Waals surface area contributed by atoms with Crippen LogP contribution >= 0.6 is 0 Å². The van der Waals surface area contributed by atoms with Gasteiger partial charge in [-0.1, -0.05) is 36.4 Å². The molecule has 7 aromatic carbocycles. The molecule has 0 radical (unpaired) electrons. The fourth-order valence-corrected chi connectivity index (χ4v) is 6.06. The molecule has 6 heteroatoms. The van der Waals surface area contributed by atoms with Gasteiger partial charge in [-0.2, -0.15) is 0 Å². The van der Waals surface area contributed by atoms with Gasteiger partial charge in [0.1, 0.15) is 0 Å². The van der Waals surface area contributed by atoms with E-state index in [1.807, 2.05) is 109 Å². The van der Waals surface area contributed by atoms with Crippen molar-refractivity contribution < 1.29 is 26.5 Å². The summed E-state index contributed by atoms with van der Waals surface area (Å²) in [6.07, 6.45) is 0. The molecule has 6 nitrogen and oxygen atoms in total. The molecule has 0 aliphatic heterocycles. The normalized spacial score (nSPS) is 12.3. The predicted molar refractivity (Wildman–Crippen MR) is 164 cm³/mol. The van der Waals surface area contributed by atoms with Crippen molar-refractivity contribution in [3.63, 3.8) is 0 Å². The Hall–Kier alpha value is -5.88. The Morgan fingerprint density at radius 1 is 0.214 bits per heavy atom. The number of hydrogen-bond acceptors (Lipinski definition) is 6. The lowest BCUT2D eigenvalue weighted by molar-refractivity contribution is 0.582. The molecule has 198 valence electrons. The van der Waals surface area contributed by atoms with Gasteiger partial charge in [0, 0.05) is 0 Å². The molecule has 0 unspecified atom stereocenters. The van der Waals surface area contributed by atoms with Crippen LogP contribution in [0.4, 0.5) is 0 Å². The molecule has 0 amide bonds. The summed E-state index contributed by atoms with van der Waals surface area (Å²) in [5, 5.41) is 5.93. The van der Waals surface area contributed by atoms with E-state index in [4.69, 9.17) is 26.5 Å². The van der Waals surface area contributed by atoms with E-state index in [1.165, 1.54) is 0 Å². The highest BCUT2D eigenvalue weighted by molar-refractivity contribution is 6.29. The van der Waals surface area contributed by atoms with E-state index in [0.717, 1.165) is 32.3 Å². The van der Waals surface area contributed by atoms with Crippen molar-refractivity contribution >= 4 is 99.3 Å². The molecule has 0 saturated heterocycles. The van der Waals surface area contributed by atoms with Gasteiger partial charge in [-0.15, -0.1) is 0 Å². The van der Waals surface area contributed by atoms with E-state index < -0.39 is 0 Å². The Labute approximate surface area is 234 Å². The third-order valence-corrected chi connectivity index (χ3v) is 7.99. The predicted octanol–water partition coefficient (Wildman–Crippen LogP) is 11.3. The van der Waals surface area contributed by atoms with Crippen LogP contribution in [0.5, 0.6) is 0 Å². The molecule has 0 saturated carbocycles. The van der Waals surface area contributed by atoms with Crippen LogP contribution in [0.1, 0.15) is 0 Å². The maximum absolute atomic E-state index is 6.31. The summed E-state index contributed by atoms with van der Waals surface area (Å²) < 4.78 is 37.9. The first kappa shape index (κ1) is 21.9. The Balaban J connectivity index is 1.43. The second kappa shape index (κ2) is 7.86. The second-order valence-electron chi connectivity index (χ2n) is 10.5. The minimum absolute atomic E-state index is 0.647. The fraction of sp³-hybridized carbons (Fsp3) is 0. The molecule has 0 atom stereocenters. The van der Waals surface area contributed by atoms with Gasteiger partial charge >= 0.3 is 0 Å². The Morgan fingerprint density at radius 3 is 0.548 bits per heavy atom. The fourth-order valence-electron chi connectivity index (χ4n) is 6.06. The Kier molecular flexibility index (Phi) is 4.10. The van der Waals surface area contributed by atoms with E-state index in [-0.39, 0.29) is 0 Å². The molecule has 0 N–H and O–H groups in total. The van der Waals surface area contributed by atoms with Crippen molar-refractivity contribution in [2.24, 2.45) is 0 Å². The molecule has 0 spiro atoms. The zero-order valence-electron chi connectivity index (χ0n) is 21.8. The van der Waals surface area contributed by atoms with E-state index in [1.54, 1.807) is 0 Å². The summed E-state index contributed by atoms with van der Waals surface area (Å²) in [7, 11) is 0. The maximum Gasteiger partial charge on any atom is 0.170 e. The highest BCUT2D eigenvalue weighted by Crippen LogP contribution is 2.42. The third-order valence-electron chi connectivity index (χ3n) is 7.99. The van der Waals surface area contributed by atoms with Crippen molar-refractivity contribution in [3.05, 3.63) is 109 Å². The molecule has 10 aromatic rings. The largest absolute Gasteiger partial charge is 0.449 e. The van der Waals surface area contributed by atoms with Crippen molar-refractivity contribution in [1.29, 1.82) is 0 Å². The van der Waals surface area contributed by atoms with Crippen LogP contribution in [-0.2, 0) is 0 Å². The topological polar surface area (TPSA) is 78.8 Å². The smallest absolute Gasteiger partial charge is 0.170 e. The number of benzene rings is 7. The van der Waals surface area contributed by atoms with Crippen molar-refractivity contribution in [3.8, 4) is 0 Å². The van der Waals surface area contributed by atoms with E-state index in [2.05, 4.69) is 0 Å². The summed E-state index contributed by atoms with van der Waals surface area (Å²) in [5.41, 5.74) is 7.96. The number of para-hydroxylation sites is 6. The van der Waals surface area contributed by atoms with Crippen LogP contribution in [0.2, 0.25) is 0 Å². The summed E-state index contributed by atoms with van der Waals surface area (Å²) in [6.45, 7) is 0. The Morgan fingerprint density at radius 2 is 0.381 bits per heavy atom. The SMILES string of the molecule is c1ccc2oc3cc4c(cc3oc2c1)c1cc2oc3ccccc3oc2cc1c1cc2oc3ccccc3oc2cc41. The minimum Gasteiger partial charge on any atom is -0.449 e. The van der Waals surface area contributed by atoms with Crippen LogP contribution in [0, 0.1) is 0 Å². The van der Waals surface area contributed by atoms with Crippen LogP contribution in [0.25, 0.3) is 99.3 Å². The molecule has 0 fully saturated rings.